The summed E-state index contributed by atoms with van der Waals surface area (Å²) in [7, 11) is 1.56. The number of carbonyl (C=O) groups excluding carboxylic acids is 2. The van der Waals surface area contributed by atoms with Gasteiger partial charge in [-0.15, -0.1) is 0 Å². The van der Waals surface area contributed by atoms with Gasteiger partial charge in [0.2, 0.25) is 0 Å². The molecule has 7 heteroatoms. The highest BCUT2D eigenvalue weighted by atomic mass is 16.5. The van der Waals surface area contributed by atoms with E-state index in [1.165, 1.54) is 0 Å². The van der Waals surface area contributed by atoms with Gasteiger partial charge in [0.25, 0.3) is 11.8 Å². The molecule has 2 saturated heterocycles. The van der Waals surface area contributed by atoms with Crippen molar-refractivity contribution in [3.8, 4) is 6.07 Å². The first-order valence-corrected chi connectivity index (χ1v) is 9.68. The smallest absolute Gasteiger partial charge is 0.255 e. The third kappa shape index (κ3) is 3.47. The second-order valence-corrected chi connectivity index (χ2v) is 7.34. The Bertz CT molecular complexity index is 948. The van der Waals surface area contributed by atoms with Crippen molar-refractivity contribution in [2.45, 2.75) is 31.0 Å². The van der Waals surface area contributed by atoms with E-state index in [1.54, 1.807) is 48.7 Å². The minimum atomic E-state index is -0.467. The van der Waals surface area contributed by atoms with Gasteiger partial charge in [0.1, 0.15) is 0 Å². The number of methoxy groups -OCH3 is 1. The van der Waals surface area contributed by atoms with E-state index in [9.17, 15) is 9.59 Å². The van der Waals surface area contributed by atoms with Crippen LogP contribution < -0.4 is 0 Å². The molecule has 7 nitrogen and oxygen atoms in total. The monoisotopic (exact) mass is 390 g/mol. The van der Waals surface area contributed by atoms with Crippen molar-refractivity contribution >= 4 is 11.8 Å². The zero-order valence-corrected chi connectivity index (χ0v) is 16.2. The van der Waals surface area contributed by atoms with Crippen LogP contribution in [0.3, 0.4) is 0 Å². The van der Waals surface area contributed by atoms with Gasteiger partial charge < -0.3 is 14.5 Å². The van der Waals surface area contributed by atoms with E-state index in [-0.39, 0.29) is 23.9 Å². The molecule has 0 radical (unpaired) electrons. The fraction of sp³-hybridized carbons (Fsp3) is 0.364. The Morgan fingerprint density at radius 1 is 1.21 bits per heavy atom. The second-order valence-electron chi connectivity index (χ2n) is 7.34. The summed E-state index contributed by atoms with van der Waals surface area (Å²) in [6, 6.07) is 12.6. The van der Waals surface area contributed by atoms with Crippen molar-refractivity contribution in [2.24, 2.45) is 0 Å². The number of β-lactam (4-membered cyclic amide) rings is 1. The zero-order chi connectivity index (χ0) is 20.4. The van der Waals surface area contributed by atoms with Crippen molar-refractivity contribution in [3.05, 3.63) is 65.5 Å². The SMILES string of the molecule is CO[C@H]1C(=O)N(C2CCN(C(=O)c3cccc(C#N)c3)CC2)[C@H]1c1ccncc1. The van der Waals surface area contributed by atoms with Crippen LogP contribution in [0.25, 0.3) is 0 Å². The molecule has 2 atom stereocenters. The molecule has 3 heterocycles. The first-order chi connectivity index (χ1) is 14.1. The van der Waals surface area contributed by atoms with Crippen LogP contribution in [0.4, 0.5) is 0 Å². The Labute approximate surface area is 169 Å². The Balaban J connectivity index is 1.44. The number of rotatable bonds is 4. The molecule has 4 rings (SSSR count). The molecule has 1 aromatic carbocycles. The number of likely N-dealkylation sites (tertiary alicyclic amines) is 2. The van der Waals surface area contributed by atoms with Crippen LogP contribution in [0.5, 0.6) is 0 Å². The van der Waals surface area contributed by atoms with Gasteiger partial charge in [0.15, 0.2) is 6.10 Å². The van der Waals surface area contributed by atoms with Crippen LogP contribution in [0, 0.1) is 11.3 Å². The zero-order valence-electron chi connectivity index (χ0n) is 16.2. The molecule has 0 aliphatic carbocycles. The van der Waals surface area contributed by atoms with E-state index >= 15 is 0 Å². The average Bonchev–Trinajstić information content (AvgIpc) is 2.78. The Hall–Kier alpha value is -3.24. The van der Waals surface area contributed by atoms with E-state index in [0.29, 0.717) is 37.1 Å². The number of hydrogen-bond acceptors (Lipinski definition) is 5. The maximum atomic E-state index is 12.8. The van der Waals surface area contributed by atoms with Gasteiger partial charge >= 0.3 is 0 Å². The molecule has 1 aromatic heterocycles. The number of ether oxygens (including phenoxy) is 1. The lowest BCUT2D eigenvalue weighted by molar-refractivity contribution is -0.178. The van der Waals surface area contributed by atoms with Gasteiger partial charge in [-0.2, -0.15) is 5.26 Å². The lowest BCUT2D eigenvalue weighted by Gasteiger charge is -2.52. The summed E-state index contributed by atoms with van der Waals surface area (Å²) < 4.78 is 5.42. The summed E-state index contributed by atoms with van der Waals surface area (Å²) in [5.41, 5.74) is 2.01. The highest BCUT2D eigenvalue weighted by Gasteiger charge is 2.51. The Kier molecular flexibility index (Phi) is 5.28. The van der Waals surface area contributed by atoms with E-state index in [1.807, 2.05) is 17.0 Å². The molecular weight excluding hydrogens is 368 g/mol. The maximum Gasteiger partial charge on any atom is 0.255 e. The van der Waals surface area contributed by atoms with E-state index < -0.39 is 6.10 Å². The molecule has 2 amide bonds. The van der Waals surface area contributed by atoms with Crippen LogP contribution in [-0.4, -0.2) is 58.9 Å². The van der Waals surface area contributed by atoms with Crippen LogP contribution >= 0.6 is 0 Å². The predicted molar refractivity (Wildman–Crippen MR) is 105 cm³/mol. The summed E-state index contributed by atoms with van der Waals surface area (Å²) in [6.45, 7) is 1.15. The number of benzene rings is 1. The molecule has 29 heavy (non-hydrogen) atoms. The number of nitriles is 1. The summed E-state index contributed by atoms with van der Waals surface area (Å²) >= 11 is 0. The number of piperidine rings is 1. The molecule has 0 unspecified atom stereocenters. The average molecular weight is 390 g/mol. The van der Waals surface area contributed by atoms with Gasteiger partial charge in [0, 0.05) is 44.2 Å². The molecule has 0 spiro atoms. The third-order valence-corrected chi connectivity index (χ3v) is 5.77. The molecule has 2 aliphatic rings. The summed E-state index contributed by atoms with van der Waals surface area (Å²) in [6.07, 6.45) is 4.41. The summed E-state index contributed by atoms with van der Waals surface area (Å²) in [4.78, 5) is 33.2. The van der Waals surface area contributed by atoms with Crippen LogP contribution in [0.15, 0.2) is 48.8 Å². The van der Waals surface area contributed by atoms with Gasteiger partial charge in [-0.25, -0.2) is 0 Å². The largest absolute Gasteiger partial charge is 0.369 e. The second kappa shape index (κ2) is 8.02. The first kappa shape index (κ1) is 19.1. The summed E-state index contributed by atoms with van der Waals surface area (Å²) in [5, 5.41) is 9.04. The van der Waals surface area contributed by atoms with E-state index in [0.717, 1.165) is 5.56 Å². The Morgan fingerprint density at radius 3 is 2.59 bits per heavy atom. The van der Waals surface area contributed by atoms with Crippen molar-refractivity contribution < 1.29 is 14.3 Å². The number of carbonyl (C=O) groups is 2. The molecule has 2 aromatic rings. The van der Waals surface area contributed by atoms with Crippen LogP contribution in [0.1, 0.15) is 40.4 Å². The molecule has 0 bridgehead atoms. The maximum absolute atomic E-state index is 12.8. The van der Waals surface area contributed by atoms with Crippen LogP contribution in [-0.2, 0) is 9.53 Å². The van der Waals surface area contributed by atoms with E-state index in [4.69, 9.17) is 10.00 Å². The van der Waals surface area contributed by atoms with Gasteiger partial charge in [-0.05, 0) is 48.7 Å². The van der Waals surface area contributed by atoms with Crippen molar-refractivity contribution in [2.75, 3.05) is 20.2 Å². The van der Waals surface area contributed by atoms with Crippen LogP contribution in [0.2, 0.25) is 0 Å². The topological polar surface area (TPSA) is 86.5 Å². The van der Waals surface area contributed by atoms with Gasteiger partial charge in [-0.1, -0.05) is 6.07 Å². The van der Waals surface area contributed by atoms with Crippen molar-refractivity contribution in [1.29, 1.82) is 5.26 Å². The lowest BCUT2D eigenvalue weighted by Crippen LogP contribution is -2.64. The number of amides is 2. The third-order valence-electron chi connectivity index (χ3n) is 5.77. The highest BCUT2D eigenvalue weighted by Crippen LogP contribution is 2.40. The lowest BCUT2D eigenvalue weighted by atomic mass is 9.86. The summed E-state index contributed by atoms with van der Waals surface area (Å²) in [5.74, 6) is -0.0725. The number of pyridine rings is 1. The molecule has 2 aliphatic heterocycles. The molecule has 0 N–H and O–H groups in total. The Morgan fingerprint density at radius 2 is 1.93 bits per heavy atom. The van der Waals surface area contributed by atoms with Crippen molar-refractivity contribution in [1.82, 2.24) is 14.8 Å². The minimum absolute atomic E-state index is 0.000750. The van der Waals surface area contributed by atoms with Gasteiger partial charge in [0.05, 0.1) is 17.7 Å². The molecule has 0 saturated carbocycles. The fourth-order valence-corrected chi connectivity index (χ4v) is 4.27. The molecule has 148 valence electrons. The molecule has 2 fully saturated rings. The molecular formula is C22H22N4O3. The number of hydrogen-bond donors (Lipinski definition) is 0. The predicted octanol–water partition coefficient (Wildman–Crippen LogP) is 2.16. The first-order valence-electron chi connectivity index (χ1n) is 9.68. The quantitative estimate of drug-likeness (QED) is 0.747. The van der Waals surface area contributed by atoms with E-state index in [2.05, 4.69) is 11.1 Å². The minimum Gasteiger partial charge on any atom is -0.369 e. The van der Waals surface area contributed by atoms with Crippen molar-refractivity contribution in [3.63, 3.8) is 0 Å². The number of nitrogens with zero attached hydrogens (tertiary/aromatic N) is 4. The highest BCUT2D eigenvalue weighted by molar-refractivity contribution is 5.94. The standard InChI is InChI=1S/C22H22N4O3/c1-29-20-19(16-5-9-24-10-6-16)26(22(20)28)18-7-11-25(12-8-18)21(27)17-4-2-3-15(13-17)14-23/h2-6,9-10,13,18-20H,7-8,11-12H2,1H3/t19-,20+/m0/s1. The van der Waals surface area contributed by atoms with Gasteiger partial charge in [-0.3, -0.25) is 14.6 Å². The normalized spacial score (nSPS) is 22.1. The number of aromatic nitrogens is 1. The fourth-order valence-electron chi connectivity index (χ4n) is 4.27.